The predicted octanol–water partition coefficient (Wildman–Crippen LogP) is 3.72. The fourth-order valence-corrected chi connectivity index (χ4v) is 1.64. The number of hydrogen-bond donors (Lipinski definition) is 1. The van der Waals surface area contributed by atoms with Gasteiger partial charge in [-0.15, -0.1) is 0 Å². The zero-order valence-corrected chi connectivity index (χ0v) is 12.1. The third kappa shape index (κ3) is 5.78. The van der Waals surface area contributed by atoms with Gasteiger partial charge in [0.15, 0.2) is 0 Å². The van der Waals surface area contributed by atoms with E-state index in [9.17, 15) is 9.90 Å². The van der Waals surface area contributed by atoms with Crippen molar-refractivity contribution < 1.29 is 19.4 Å². The lowest BCUT2D eigenvalue weighted by atomic mass is 10.1. The number of aliphatic hydroxyl groups excluding tert-OH is 1. The highest BCUT2D eigenvalue weighted by atomic mass is 16.5. The van der Waals surface area contributed by atoms with Crippen LogP contribution in [0.25, 0.3) is 5.76 Å². The maximum atomic E-state index is 11.2. The van der Waals surface area contributed by atoms with Crippen LogP contribution < -0.4 is 4.74 Å². The Hall–Kier alpha value is -1.97. The standard InChI is InChI=1S/C16H22O4/c1-3-5-6-11-20-14-9-7-13(8-10-14)15(17)12-16(18)19-4-2/h7-10,12,17H,3-6,11H2,1-2H3. The molecule has 0 unspecified atom stereocenters. The van der Waals surface area contributed by atoms with E-state index in [2.05, 4.69) is 6.92 Å². The van der Waals surface area contributed by atoms with Crippen molar-refractivity contribution in [1.29, 1.82) is 0 Å². The highest BCUT2D eigenvalue weighted by Gasteiger charge is 2.04. The van der Waals surface area contributed by atoms with Gasteiger partial charge in [0.1, 0.15) is 11.5 Å². The van der Waals surface area contributed by atoms with E-state index >= 15 is 0 Å². The summed E-state index contributed by atoms with van der Waals surface area (Å²) in [6.07, 6.45) is 4.42. The Balaban J connectivity index is 2.55. The molecule has 4 nitrogen and oxygen atoms in total. The second kappa shape index (κ2) is 9.02. The summed E-state index contributed by atoms with van der Waals surface area (Å²) in [7, 11) is 0. The molecule has 0 atom stereocenters. The lowest BCUT2D eigenvalue weighted by molar-refractivity contribution is -0.137. The van der Waals surface area contributed by atoms with E-state index in [1.165, 1.54) is 0 Å². The number of aliphatic hydroxyl groups is 1. The molecule has 20 heavy (non-hydrogen) atoms. The van der Waals surface area contributed by atoms with Crippen LogP contribution in [0.2, 0.25) is 0 Å². The van der Waals surface area contributed by atoms with Gasteiger partial charge in [-0.1, -0.05) is 19.8 Å². The van der Waals surface area contributed by atoms with Crippen molar-refractivity contribution in [1.82, 2.24) is 0 Å². The van der Waals surface area contributed by atoms with Crippen LogP contribution >= 0.6 is 0 Å². The Morgan fingerprint density at radius 2 is 1.90 bits per heavy atom. The number of carbonyl (C=O) groups excluding carboxylic acids is 1. The lowest BCUT2D eigenvalue weighted by Gasteiger charge is -2.06. The molecular weight excluding hydrogens is 256 g/mol. The van der Waals surface area contributed by atoms with Gasteiger partial charge in [0.2, 0.25) is 0 Å². The Labute approximate surface area is 120 Å². The van der Waals surface area contributed by atoms with Gasteiger partial charge < -0.3 is 14.6 Å². The molecule has 0 saturated carbocycles. The van der Waals surface area contributed by atoms with Crippen LogP contribution in [-0.4, -0.2) is 24.3 Å². The van der Waals surface area contributed by atoms with Crippen LogP contribution in [-0.2, 0) is 9.53 Å². The van der Waals surface area contributed by atoms with E-state index in [1.54, 1.807) is 31.2 Å². The average molecular weight is 278 g/mol. The zero-order valence-electron chi connectivity index (χ0n) is 12.1. The molecule has 0 aliphatic rings. The van der Waals surface area contributed by atoms with E-state index in [0.717, 1.165) is 31.1 Å². The first-order valence-electron chi connectivity index (χ1n) is 6.98. The summed E-state index contributed by atoms with van der Waals surface area (Å²) in [4.78, 5) is 11.2. The van der Waals surface area contributed by atoms with Gasteiger partial charge in [-0.3, -0.25) is 0 Å². The number of carbonyl (C=O) groups is 1. The first-order valence-corrected chi connectivity index (χ1v) is 6.98. The molecule has 0 aromatic heterocycles. The Bertz CT molecular complexity index is 434. The highest BCUT2D eigenvalue weighted by Crippen LogP contribution is 2.17. The van der Waals surface area contributed by atoms with Gasteiger partial charge in [0.05, 0.1) is 19.3 Å². The number of benzene rings is 1. The molecule has 110 valence electrons. The number of rotatable bonds is 8. The number of unbranched alkanes of at least 4 members (excludes halogenated alkanes) is 2. The fourth-order valence-electron chi connectivity index (χ4n) is 1.64. The van der Waals surface area contributed by atoms with Crippen LogP contribution in [0.5, 0.6) is 5.75 Å². The minimum Gasteiger partial charge on any atom is -0.507 e. The fraction of sp³-hybridized carbons (Fsp3) is 0.438. The average Bonchev–Trinajstić information content (AvgIpc) is 2.44. The largest absolute Gasteiger partial charge is 0.507 e. The zero-order chi connectivity index (χ0) is 14.8. The third-order valence-corrected chi connectivity index (χ3v) is 2.71. The molecule has 0 spiro atoms. The van der Waals surface area contributed by atoms with Crippen LogP contribution in [0, 0.1) is 0 Å². The Morgan fingerprint density at radius 1 is 1.20 bits per heavy atom. The Kier molecular flexibility index (Phi) is 7.25. The minimum atomic E-state index is -0.551. The molecule has 0 saturated heterocycles. The summed E-state index contributed by atoms with van der Waals surface area (Å²) in [6, 6.07) is 6.97. The van der Waals surface area contributed by atoms with Crippen molar-refractivity contribution in [2.24, 2.45) is 0 Å². The molecule has 0 radical (unpaired) electrons. The summed E-state index contributed by atoms with van der Waals surface area (Å²) < 4.78 is 10.3. The van der Waals surface area contributed by atoms with Gasteiger partial charge in [-0.2, -0.15) is 0 Å². The van der Waals surface area contributed by atoms with Gasteiger partial charge in [-0.05, 0) is 37.6 Å². The van der Waals surface area contributed by atoms with Crippen molar-refractivity contribution in [2.75, 3.05) is 13.2 Å². The van der Waals surface area contributed by atoms with Crippen LogP contribution in [0.1, 0.15) is 38.7 Å². The summed E-state index contributed by atoms with van der Waals surface area (Å²) in [6.45, 7) is 4.84. The normalized spacial score (nSPS) is 11.2. The molecule has 0 heterocycles. The van der Waals surface area contributed by atoms with E-state index in [4.69, 9.17) is 9.47 Å². The lowest BCUT2D eigenvalue weighted by Crippen LogP contribution is -2.01. The molecule has 0 amide bonds. The minimum absolute atomic E-state index is 0.110. The second-order valence-corrected chi connectivity index (χ2v) is 4.36. The van der Waals surface area contributed by atoms with Crippen molar-refractivity contribution in [3.63, 3.8) is 0 Å². The smallest absolute Gasteiger partial charge is 0.334 e. The molecule has 1 aromatic rings. The summed E-state index contributed by atoms with van der Waals surface area (Å²) >= 11 is 0. The topological polar surface area (TPSA) is 55.8 Å². The molecule has 4 heteroatoms. The number of hydrogen-bond acceptors (Lipinski definition) is 4. The first kappa shape index (κ1) is 16.1. The first-order chi connectivity index (χ1) is 9.67. The third-order valence-electron chi connectivity index (χ3n) is 2.71. The monoisotopic (exact) mass is 278 g/mol. The van der Waals surface area contributed by atoms with Crippen molar-refractivity contribution >= 4 is 11.7 Å². The van der Waals surface area contributed by atoms with E-state index in [-0.39, 0.29) is 12.4 Å². The molecule has 0 aliphatic carbocycles. The van der Waals surface area contributed by atoms with Crippen LogP contribution in [0.15, 0.2) is 30.3 Å². The van der Waals surface area contributed by atoms with Crippen molar-refractivity contribution in [2.45, 2.75) is 33.1 Å². The van der Waals surface area contributed by atoms with E-state index < -0.39 is 5.97 Å². The van der Waals surface area contributed by atoms with Gasteiger partial charge >= 0.3 is 5.97 Å². The van der Waals surface area contributed by atoms with E-state index in [1.807, 2.05) is 0 Å². The molecule has 0 aliphatic heterocycles. The van der Waals surface area contributed by atoms with Crippen molar-refractivity contribution in [3.8, 4) is 5.75 Å². The summed E-state index contributed by atoms with van der Waals surface area (Å²) in [5.41, 5.74) is 0.555. The predicted molar refractivity (Wildman–Crippen MR) is 78.7 cm³/mol. The number of esters is 1. The summed E-state index contributed by atoms with van der Waals surface area (Å²) in [5.74, 6) is 0.0969. The van der Waals surface area contributed by atoms with Crippen LogP contribution in [0.4, 0.5) is 0 Å². The molecule has 1 rings (SSSR count). The molecular formula is C16H22O4. The SMILES string of the molecule is CCCCCOc1ccc(C(O)=CC(=O)OCC)cc1. The quantitative estimate of drug-likeness (QED) is 0.341. The molecule has 0 bridgehead atoms. The van der Waals surface area contributed by atoms with Gasteiger partial charge in [-0.25, -0.2) is 4.79 Å². The molecule has 1 aromatic carbocycles. The van der Waals surface area contributed by atoms with Gasteiger partial charge in [0.25, 0.3) is 0 Å². The van der Waals surface area contributed by atoms with Crippen LogP contribution in [0.3, 0.4) is 0 Å². The van der Waals surface area contributed by atoms with E-state index in [0.29, 0.717) is 12.2 Å². The number of ether oxygens (including phenoxy) is 2. The second-order valence-electron chi connectivity index (χ2n) is 4.36. The summed E-state index contributed by atoms with van der Waals surface area (Å²) in [5, 5.41) is 9.77. The van der Waals surface area contributed by atoms with Crippen molar-refractivity contribution in [3.05, 3.63) is 35.9 Å². The van der Waals surface area contributed by atoms with Gasteiger partial charge in [0, 0.05) is 5.56 Å². The maximum Gasteiger partial charge on any atom is 0.334 e. The molecule has 1 N–H and O–H groups in total. The Morgan fingerprint density at radius 3 is 2.50 bits per heavy atom. The highest BCUT2D eigenvalue weighted by molar-refractivity contribution is 5.89. The maximum absolute atomic E-state index is 11.2. The molecule has 0 fully saturated rings.